The number of amides is 1. The molecule has 1 aromatic heterocycles. The number of carbonyl (C=O) groups is 1. The molecule has 1 aliphatic heterocycles. The number of ether oxygens (including phenoxy) is 3. The number of carbonyl (C=O) groups excluding carboxylic acids is 1. The Hall–Kier alpha value is -3.99. The number of nitrogens with one attached hydrogen (secondary N) is 2. The Kier molecular flexibility index (Phi) is 6.93. The number of nitrogens with two attached hydrogens (primary N) is 1. The van der Waals surface area contributed by atoms with Gasteiger partial charge < -0.3 is 30.6 Å². The van der Waals surface area contributed by atoms with Gasteiger partial charge in [0.05, 0.1) is 5.56 Å². The SMILES string of the molecule is CNCCOc1c(N)ncnc1-c1cc(F)cc(NC(=O)c2ccc3c(c2F)OCC(C)(C)O3)c1C. The number of hydrogen-bond acceptors (Lipinski definition) is 8. The molecule has 0 saturated heterocycles. The minimum atomic E-state index is -0.862. The summed E-state index contributed by atoms with van der Waals surface area (Å²) >= 11 is 0. The number of nitrogens with zero attached hydrogens (tertiary/aromatic N) is 2. The highest BCUT2D eigenvalue weighted by molar-refractivity contribution is 6.05. The molecular formula is C25H27F2N5O4. The van der Waals surface area contributed by atoms with Crippen LogP contribution < -0.4 is 30.6 Å². The first-order chi connectivity index (χ1) is 17.1. The van der Waals surface area contributed by atoms with Crippen LogP contribution in [0, 0.1) is 18.6 Å². The van der Waals surface area contributed by atoms with E-state index in [0.29, 0.717) is 17.7 Å². The number of anilines is 2. The standard InChI is InChI=1S/C25H27F2N5O4/c1-13-16(20-22(34-8-7-29-4)23(28)31-12-30-20)9-14(26)10-17(13)32-24(33)15-5-6-18-21(19(15)27)35-11-25(2,3)36-18/h5-6,9-10,12,29H,7-8,11H2,1-4H3,(H,32,33)(H2,28,30,31). The number of benzene rings is 2. The molecule has 0 radical (unpaired) electrons. The van der Waals surface area contributed by atoms with Crippen LogP contribution in [0.15, 0.2) is 30.6 Å². The third-order valence-electron chi connectivity index (χ3n) is 5.56. The molecule has 4 rings (SSSR count). The Bertz CT molecular complexity index is 1320. The molecule has 11 heteroatoms. The maximum atomic E-state index is 15.1. The average Bonchev–Trinajstić information content (AvgIpc) is 2.81. The molecule has 0 spiro atoms. The van der Waals surface area contributed by atoms with E-state index in [0.717, 1.165) is 6.07 Å². The number of nitrogen functional groups attached to an aromatic ring is 1. The Labute approximate surface area is 207 Å². The van der Waals surface area contributed by atoms with Gasteiger partial charge in [-0.15, -0.1) is 0 Å². The van der Waals surface area contributed by atoms with E-state index in [9.17, 15) is 9.18 Å². The fourth-order valence-corrected chi connectivity index (χ4v) is 3.72. The molecule has 4 N–H and O–H groups in total. The van der Waals surface area contributed by atoms with Crippen molar-refractivity contribution in [2.75, 3.05) is 37.9 Å². The molecule has 1 amide bonds. The summed E-state index contributed by atoms with van der Waals surface area (Å²) in [6.45, 7) is 6.22. The zero-order valence-electron chi connectivity index (χ0n) is 20.4. The topological polar surface area (TPSA) is 121 Å². The van der Waals surface area contributed by atoms with Crippen molar-refractivity contribution in [3.8, 4) is 28.5 Å². The van der Waals surface area contributed by atoms with E-state index in [-0.39, 0.29) is 53.2 Å². The molecule has 0 atom stereocenters. The Balaban J connectivity index is 1.67. The summed E-state index contributed by atoms with van der Waals surface area (Å²) in [5, 5.41) is 5.54. The number of likely N-dealkylation sites (N-methyl/N-ethyl adjacent to an activating group) is 1. The van der Waals surface area contributed by atoms with Gasteiger partial charge in [0.15, 0.2) is 28.9 Å². The van der Waals surface area contributed by atoms with Gasteiger partial charge in [0.25, 0.3) is 5.91 Å². The first-order valence-corrected chi connectivity index (χ1v) is 11.3. The summed E-state index contributed by atoms with van der Waals surface area (Å²) in [7, 11) is 1.77. The molecule has 0 fully saturated rings. The van der Waals surface area contributed by atoms with Gasteiger partial charge in [-0.25, -0.2) is 18.7 Å². The van der Waals surface area contributed by atoms with Crippen molar-refractivity contribution in [2.45, 2.75) is 26.4 Å². The summed E-state index contributed by atoms with van der Waals surface area (Å²) < 4.78 is 46.8. The zero-order chi connectivity index (χ0) is 26.0. The molecule has 2 heterocycles. The van der Waals surface area contributed by atoms with Crippen molar-refractivity contribution < 1.29 is 27.8 Å². The van der Waals surface area contributed by atoms with Crippen molar-refractivity contribution in [3.05, 3.63) is 53.4 Å². The molecule has 0 unspecified atom stereocenters. The molecule has 9 nitrogen and oxygen atoms in total. The van der Waals surface area contributed by atoms with Crippen LogP contribution in [0.1, 0.15) is 29.8 Å². The number of hydrogen-bond donors (Lipinski definition) is 3. The maximum Gasteiger partial charge on any atom is 0.258 e. The molecule has 1 aliphatic rings. The van der Waals surface area contributed by atoms with Gasteiger partial charge in [-0.3, -0.25) is 4.79 Å². The predicted molar refractivity (Wildman–Crippen MR) is 131 cm³/mol. The van der Waals surface area contributed by atoms with Gasteiger partial charge in [0.1, 0.15) is 36.7 Å². The van der Waals surface area contributed by atoms with Gasteiger partial charge in [-0.1, -0.05) is 0 Å². The lowest BCUT2D eigenvalue weighted by atomic mass is 10.0. The average molecular weight is 500 g/mol. The maximum absolute atomic E-state index is 15.1. The normalized spacial score (nSPS) is 13.8. The predicted octanol–water partition coefficient (Wildman–Crippen LogP) is 3.71. The smallest absolute Gasteiger partial charge is 0.258 e. The lowest BCUT2D eigenvalue weighted by Gasteiger charge is -2.32. The van der Waals surface area contributed by atoms with Crippen LogP contribution in [0.3, 0.4) is 0 Å². The minimum absolute atomic E-state index is 0.0897. The molecule has 0 saturated carbocycles. The molecule has 2 aromatic carbocycles. The van der Waals surface area contributed by atoms with Gasteiger partial charge in [0.2, 0.25) is 0 Å². The molecule has 0 bridgehead atoms. The van der Waals surface area contributed by atoms with E-state index >= 15 is 4.39 Å². The van der Waals surface area contributed by atoms with E-state index < -0.39 is 23.1 Å². The summed E-state index contributed by atoms with van der Waals surface area (Å²) in [5.74, 6) is -1.94. The third kappa shape index (κ3) is 5.01. The number of fused-ring (bicyclic) bond motifs is 1. The lowest BCUT2D eigenvalue weighted by molar-refractivity contribution is 0.0183. The minimum Gasteiger partial charge on any atom is -0.486 e. The van der Waals surface area contributed by atoms with E-state index in [4.69, 9.17) is 19.9 Å². The summed E-state index contributed by atoms with van der Waals surface area (Å²) in [4.78, 5) is 21.2. The van der Waals surface area contributed by atoms with Crippen LogP contribution in [0.5, 0.6) is 17.2 Å². The highest BCUT2D eigenvalue weighted by Gasteiger charge is 2.32. The summed E-state index contributed by atoms with van der Waals surface area (Å²) in [6.07, 6.45) is 1.24. The van der Waals surface area contributed by atoms with Gasteiger partial charge in [0, 0.05) is 17.8 Å². The van der Waals surface area contributed by atoms with Crippen molar-refractivity contribution in [1.82, 2.24) is 15.3 Å². The molecule has 36 heavy (non-hydrogen) atoms. The van der Waals surface area contributed by atoms with Crippen LogP contribution >= 0.6 is 0 Å². The number of halogens is 2. The second-order valence-electron chi connectivity index (χ2n) is 8.87. The molecule has 190 valence electrons. The van der Waals surface area contributed by atoms with Crippen LogP contribution in [-0.4, -0.2) is 48.3 Å². The van der Waals surface area contributed by atoms with Crippen LogP contribution in [0.4, 0.5) is 20.3 Å². The molecule has 3 aromatic rings. The quantitative estimate of drug-likeness (QED) is 0.421. The number of rotatable bonds is 7. The summed E-state index contributed by atoms with van der Waals surface area (Å²) in [5.41, 5.74) is 6.29. The van der Waals surface area contributed by atoms with E-state index in [1.54, 1.807) is 27.8 Å². The first-order valence-electron chi connectivity index (χ1n) is 11.3. The first kappa shape index (κ1) is 25.1. The van der Waals surface area contributed by atoms with Crippen LogP contribution in [0.25, 0.3) is 11.3 Å². The van der Waals surface area contributed by atoms with Crippen molar-refractivity contribution in [3.63, 3.8) is 0 Å². The highest BCUT2D eigenvalue weighted by atomic mass is 19.1. The molecular weight excluding hydrogens is 472 g/mol. The lowest BCUT2D eigenvalue weighted by Crippen LogP contribution is -2.39. The zero-order valence-corrected chi connectivity index (χ0v) is 20.4. The Morgan fingerprint density at radius 1 is 1.25 bits per heavy atom. The van der Waals surface area contributed by atoms with Crippen molar-refractivity contribution in [1.29, 1.82) is 0 Å². The van der Waals surface area contributed by atoms with Crippen LogP contribution in [-0.2, 0) is 0 Å². The monoisotopic (exact) mass is 499 g/mol. The number of aromatic nitrogens is 2. The van der Waals surface area contributed by atoms with E-state index in [1.165, 1.54) is 24.5 Å². The van der Waals surface area contributed by atoms with E-state index in [1.807, 2.05) is 0 Å². The second-order valence-corrected chi connectivity index (χ2v) is 8.87. The Morgan fingerprint density at radius 3 is 2.78 bits per heavy atom. The molecule has 0 aliphatic carbocycles. The summed E-state index contributed by atoms with van der Waals surface area (Å²) in [6, 6.07) is 5.16. The van der Waals surface area contributed by atoms with Gasteiger partial charge in [-0.05, 0) is 57.6 Å². The van der Waals surface area contributed by atoms with Crippen molar-refractivity contribution in [2.24, 2.45) is 0 Å². The Morgan fingerprint density at radius 2 is 2.03 bits per heavy atom. The fourth-order valence-electron chi connectivity index (χ4n) is 3.72. The van der Waals surface area contributed by atoms with Gasteiger partial charge >= 0.3 is 0 Å². The van der Waals surface area contributed by atoms with E-state index in [2.05, 4.69) is 20.6 Å². The largest absolute Gasteiger partial charge is 0.486 e. The third-order valence-corrected chi connectivity index (χ3v) is 5.56. The van der Waals surface area contributed by atoms with Crippen LogP contribution in [0.2, 0.25) is 0 Å². The van der Waals surface area contributed by atoms with Crippen molar-refractivity contribution >= 4 is 17.4 Å². The highest BCUT2D eigenvalue weighted by Crippen LogP contribution is 2.40. The fraction of sp³-hybridized carbons (Fsp3) is 0.320. The second kappa shape index (κ2) is 9.94. The van der Waals surface area contributed by atoms with Gasteiger partial charge in [-0.2, -0.15) is 0 Å².